The van der Waals surface area contributed by atoms with Crippen LogP contribution in [-0.4, -0.2) is 19.0 Å². The molecule has 1 saturated heterocycles. The molecule has 1 aromatic carbocycles. The molecule has 22 heavy (non-hydrogen) atoms. The van der Waals surface area contributed by atoms with Gasteiger partial charge in [0.15, 0.2) is 0 Å². The highest BCUT2D eigenvalue weighted by Crippen LogP contribution is 2.24. The van der Waals surface area contributed by atoms with Crippen LogP contribution in [0.4, 0.5) is 0 Å². The Bertz CT molecular complexity index is 587. The number of halogens is 1. The van der Waals surface area contributed by atoms with E-state index < -0.39 is 0 Å². The fraction of sp³-hybridized carbons (Fsp3) is 0.471. The van der Waals surface area contributed by atoms with Gasteiger partial charge in [-0.2, -0.15) is 0 Å². The van der Waals surface area contributed by atoms with Gasteiger partial charge in [0.2, 0.25) is 5.91 Å². The lowest BCUT2D eigenvalue weighted by Crippen LogP contribution is -2.33. The van der Waals surface area contributed by atoms with E-state index in [0.29, 0.717) is 12.3 Å². The van der Waals surface area contributed by atoms with Gasteiger partial charge >= 0.3 is 0 Å². The fourth-order valence-corrected chi connectivity index (χ4v) is 2.94. The number of nitrogens with one attached hydrogen (secondary N) is 2. The Balaban J connectivity index is 0.00000176. The van der Waals surface area contributed by atoms with Crippen molar-refractivity contribution in [1.82, 2.24) is 10.6 Å². The van der Waals surface area contributed by atoms with Gasteiger partial charge in [-0.3, -0.25) is 4.79 Å². The van der Waals surface area contributed by atoms with Crippen LogP contribution in [0.5, 0.6) is 0 Å². The average molecular weight is 323 g/mol. The van der Waals surface area contributed by atoms with Gasteiger partial charge in [0.25, 0.3) is 0 Å². The van der Waals surface area contributed by atoms with Gasteiger partial charge in [-0.25, -0.2) is 0 Å². The summed E-state index contributed by atoms with van der Waals surface area (Å²) in [5.41, 5.74) is 0.868. The molecule has 0 aliphatic carbocycles. The van der Waals surface area contributed by atoms with E-state index in [1.165, 1.54) is 0 Å². The first kappa shape index (κ1) is 16.8. The van der Waals surface area contributed by atoms with Crippen LogP contribution in [0, 0.1) is 5.92 Å². The number of rotatable bonds is 4. The van der Waals surface area contributed by atoms with Crippen molar-refractivity contribution >= 4 is 29.3 Å². The zero-order valence-corrected chi connectivity index (χ0v) is 13.6. The molecule has 1 unspecified atom stereocenters. The van der Waals surface area contributed by atoms with E-state index in [0.717, 1.165) is 42.7 Å². The van der Waals surface area contributed by atoms with Crippen molar-refractivity contribution in [1.29, 1.82) is 0 Å². The number of hydrogen-bond donors (Lipinski definition) is 2. The Morgan fingerprint density at radius 1 is 1.36 bits per heavy atom. The molecular formula is C17H23ClN2O2. The van der Waals surface area contributed by atoms with Crippen LogP contribution in [0.1, 0.15) is 38.0 Å². The summed E-state index contributed by atoms with van der Waals surface area (Å²) >= 11 is 0. The van der Waals surface area contributed by atoms with E-state index in [4.69, 9.17) is 4.42 Å². The molecule has 1 aliphatic rings. The topological polar surface area (TPSA) is 54.3 Å². The molecular weight excluding hydrogens is 300 g/mol. The van der Waals surface area contributed by atoms with Gasteiger partial charge < -0.3 is 15.1 Å². The highest BCUT2D eigenvalue weighted by molar-refractivity contribution is 5.85. The number of fused-ring (bicyclic) bond motifs is 1. The maximum absolute atomic E-state index is 12.1. The fourth-order valence-electron chi connectivity index (χ4n) is 2.94. The Morgan fingerprint density at radius 2 is 2.09 bits per heavy atom. The summed E-state index contributed by atoms with van der Waals surface area (Å²) in [5.74, 6) is 1.44. The monoisotopic (exact) mass is 322 g/mol. The van der Waals surface area contributed by atoms with Crippen LogP contribution in [-0.2, 0) is 4.79 Å². The first-order valence-electron chi connectivity index (χ1n) is 7.71. The maximum Gasteiger partial charge on any atom is 0.220 e. The molecule has 2 heterocycles. The van der Waals surface area contributed by atoms with E-state index >= 15 is 0 Å². The molecule has 0 radical (unpaired) electrons. The summed E-state index contributed by atoms with van der Waals surface area (Å²) in [6.07, 6.45) is 2.80. The van der Waals surface area contributed by atoms with Crippen molar-refractivity contribution in [2.45, 2.75) is 32.2 Å². The van der Waals surface area contributed by atoms with Crippen molar-refractivity contribution in [3.8, 4) is 0 Å². The van der Waals surface area contributed by atoms with E-state index in [-0.39, 0.29) is 24.4 Å². The van der Waals surface area contributed by atoms with Crippen molar-refractivity contribution < 1.29 is 9.21 Å². The van der Waals surface area contributed by atoms with Crippen molar-refractivity contribution in [3.63, 3.8) is 0 Å². The lowest BCUT2D eigenvalue weighted by Gasteiger charge is -2.22. The van der Waals surface area contributed by atoms with Gasteiger partial charge in [-0.1, -0.05) is 18.2 Å². The minimum absolute atomic E-state index is 0. The van der Waals surface area contributed by atoms with Crippen molar-refractivity contribution in [3.05, 3.63) is 36.1 Å². The Kier molecular flexibility index (Phi) is 5.86. The third-order valence-corrected chi connectivity index (χ3v) is 4.18. The van der Waals surface area contributed by atoms with Crippen LogP contribution < -0.4 is 10.6 Å². The molecule has 4 nitrogen and oxygen atoms in total. The van der Waals surface area contributed by atoms with E-state index in [1.54, 1.807) is 0 Å². The Labute approximate surface area is 137 Å². The molecule has 5 heteroatoms. The molecule has 2 aromatic rings. The van der Waals surface area contributed by atoms with E-state index in [2.05, 4.69) is 10.6 Å². The Hall–Kier alpha value is -1.52. The van der Waals surface area contributed by atoms with Crippen LogP contribution in [0.25, 0.3) is 11.0 Å². The largest absolute Gasteiger partial charge is 0.459 e. The van der Waals surface area contributed by atoms with Crippen LogP contribution in [0.15, 0.2) is 34.7 Å². The molecule has 3 rings (SSSR count). The summed E-state index contributed by atoms with van der Waals surface area (Å²) in [5, 5.41) is 7.45. The van der Waals surface area contributed by atoms with Gasteiger partial charge in [0, 0.05) is 11.8 Å². The zero-order chi connectivity index (χ0) is 14.7. The number of carbonyl (C=O) groups excluding carboxylic acids is 1. The minimum Gasteiger partial charge on any atom is -0.459 e. The lowest BCUT2D eigenvalue weighted by molar-refractivity contribution is -0.122. The highest BCUT2D eigenvalue weighted by Gasteiger charge is 2.19. The van der Waals surface area contributed by atoms with Crippen LogP contribution >= 0.6 is 12.4 Å². The molecule has 0 bridgehead atoms. The van der Waals surface area contributed by atoms with Crippen LogP contribution in [0.2, 0.25) is 0 Å². The molecule has 1 fully saturated rings. The minimum atomic E-state index is -0.0911. The number of hydrogen-bond acceptors (Lipinski definition) is 3. The SMILES string of the molecule is CC(NC(=O)CC1CCNCC1)c1cc2ccccc2o1.Cl. The number of benzene rings is 1. The summed E-state index contributed by atoms with van der Waals surface area (Å²) in [6.45, 7) is 4.02. The standard InChI is InChI=1S/C17H22N2O2.ClH/c1-12(16-11-14-4-2-3-5-15(14)21-16)19-17(20)10-13-6-8-18-9-7-13;/h2-5,11-13,18H,6-10H2,1H3,(H,19,20);1H. The number of carbonyl (C=O) groups is 1. The summed E-state index contributed by atoms with van der Waals surface area (Å²) < 4.78 is 5.80. The third-order valence-electron chi connectivity index (χ3n) is 4.18. The van der Waals surface area contributed by atoms with Gasteiger partial charge in [0.05, 0.1) is 6.04 Å². The summed E-state index contributed by atoms with van der Waals surface area (Å²) in [7, 11) is 0. The van der Waals surface area contributed by atoms with Gasteiger partial charge in [-0.15, -0.1) is 12.4 Å². The molecule has 1 aromatic heterocycles. The highest BCUT2D eigenvalue weighted by atomic mass is 35.5. The molecule has 2 N–H and O–H groups in total. The van der Waals surface area contributed by atoms with Crippen LogP contribution in [0.3, 0.4) is 0 Å². The number of amides is 1. The predicted molar refractivity (Wildman–Crippen MR) is 90.2 cm³/mol. The Morgan fingerprint density at radius 3 is 2.82 bits per heavy atom. The van der Waals surface area contributed by atoms with E-state index in [1.807, 2.05) is 37.3 Å². The number of piperidine rings is 1. The van der Waals surface area contributed by atoms with Crippen molar-refractivity contribution in [2.75, 3.05) is 13.1 Å². The average Bonchev–Trinajstić information content (AvgIpc) is 2.92. The molecule has 1 amide bonds. The number of furan rings is 1. The predicted octanol–water partition coefficient (Wildman–Crippen LogP) is 3.42. The molecule has 1 aliphatic heterocycles. The smallest absolute Gasteiger partial charge is 0.220 e. The number of para-hydroxylation sites is 1. The summed E-state index contributed by atoms with van der Waals surface area (Å²) in [4.78, 5) is 12.1. The molecule has 0 saturated carbocycles. The quantitative estimate of drug-likeness (QED) is 0.907. The second-order valence-electron chi connectivity index (χ2n) is 5.87. The second-order valence-corrected chi connectivity index (χ2v) is 5.87. The molecule has 0 spiro atoms. The maximum atomic E-state index is 12.1. The van der Waals surface area contributed by atoms with Gasteiger partial charge in [0.1, 0.15) is 11.3 Å². The van der Waals surface area contributed by atoms with Crippen molar-refractivity contribution in [2.24, 2.45) is 5.92 Å². The lowest BCUT2D eigenvalue weighted by atomic mass is 9.94. The first-order chi connectivity index (χ1) is 10.2. The molecule has 1 atom stereocenters. The molecule has 120 valence electrons. The van der Waals surface area contributed by atoms with Gasteiger partial charge in [-0.05, 0) is 50.9 Å². The first-order valence-corrected chi connectivity index (χ1v) is 7.71. The second kappa shape index (κ2) is 7.65. The zero-order valence-electron chi connectivity index (χ0n) is 12.8. The third kappa shape index (κ3) is 4.02. The normalized spacial score (nSPS) is 17.0. The summed E-state index contributed by atoms with van der Waals surface area (Å²) in [6, 6.07) is 9.82. The van der Waals surface area contributed by atoms with E-state index in [9.17, 15) is 4.79 Å².